The first kappa shape index (κ1) is 32.6. The lowest BCUT2D eigenvalue weighted by atomic mass is 9.75. The summed E-state index contributed by atoms with van der Waals surface area (Å²) < 4.78 is 11.7. The van der Waals surface area contributed by atoms with Crippen LogP contribution in [0.15, 0.2) is 84.9 Å². The van der Waals surface area contributed by atoms with E-state index in [1.807, 2.05) is 36.4 Å². The molecule has 1 unspecified atom stereocenters. The molecule has 0 aliphatic heterocycles. The predicted octanol–water partition coefficient (Wildman–Crippen LogP) is 9.14. The molecule has 0 heterocycles. The number of methoxy groups -OCH3 is 1. The average Bonchev–Trinajstić information content (AvgIpc) is 3.51. The molecule has 5 nitrogen and oxygen atoms in total. The molecule has 1 atom stereocenters. The van der Waals surface area contributed by atoms with Crippen LogP contribution in [0.5, 0.6) is 17.2 Å². The first-order valence-electron chi connectivity index (χ1n) is 16.7. The van der Waals surface area contributed by atoms with Gasteiger partial charge in [0.1, 0.15) is 18.1 Å². The molecule has 4 aromatic carbocycles. The zero-order valence-electron chi connectivity index (χ0n) is 26.7. The average molecular weight is 609 g/mol. The number of benzene rings is 4. The summed E-state index contributed by atoms with van der Waals surface area (Å²) >= 11 is 0. The summed E-state index contributed by atoms with van der Waals surface area (Å²) in [5, 5.41) is 22.7. The van der Waals surface area contributed by atoms with E-state index in [2.05, 4.69) is 36.4 Å². The minimum absolute atomic E-state index is 0.110. The molecule has 0 saturated heterocycles. The standard InChI is InChI=1S/C40H48O5/c1-44-38-20-15-31(25-39(38)45-29-32-13-16-34-26-35(41)19-17-33(34)24-32)14-18-36(42)27-37(43)28-40(22-8-9-23-40)21-7-3-6-12-30-10-4-2-5-11-30/h2,4-5,10-11,13,15-17,19-20,24-26,37,41,43H,3,6-9,12,14,18,21-23,27-29H2,1H3. The van der Waals surface area contributed by atoms with E-state index in [4.69, 9.17) is 9.47 Å². The Balaban J connectivity index is 1.08. The fourth-order valence-electron chi connectivity index (χ4n) is 7.08. The normalized spacial score (nSPS) is 14.8. The topological polar surface area (TPSA) is 76.0 Å². The number of aromatic hydroxyl groups is 1. The monoisotopic (exact) mass is 608 g/mol. The Bertz CT molecular complexity index is 1520. The highest BCUT2D eigenvalue weighted by atomic mass is 16.5. The van der Waals surface area contributed by atoms with E-state index in [1.165, 1.54) is 50.5 Å². The van der Waals surface area contributed by atoms with E-state index in [-0.39, 0.29) is 23.4 Å². The predicted molar refractivity (Wildman–Crippen MR) is 181 cm³/mol. The van der Waals surface area contributed by atoms with E-state index >= 15 is 0 Å². The van der Waals surface area contributed by atoms with E-state index < -0.39 is 6.10 Å². The van der Waals surface area contributed by atoms with Gasteiger partial charge < -0.3 is 19.7 Å². The van der Waals surface area contributed by atoms with Crippen LogP contribution in [0.3, 0.4) is 0 Å². The van der Waals surface area contributed by atoms with Crippen LogP contribution in [-0.2, 0) is 24.2 Å². The molecule has 1 fully saturated rings. The molecule has 1 saturated carbocycles. The van der Waals surface area contributed by atoms with Crippen LogP contribution in [0.2, 0.25) is 0 Å². The summed E-state index contributed by atoms with van der Waals surface area (Å²) in [5.41, 5.74) is 3.62. The van der Waals surface area contributed by atoms with Gasteiger partial charge in [0.2, 0.25) is 0 Å². The lowest BCUT2D eigenvalue weighted by Gasteiger charge is -2.31. The molecule has 45 heavy (non-hydrogen) atoms. The largest absolute Gasteiger partial charge is 0.508 e. The molecule has 1 aliphatic rings. The van der Waals surface area contributed by atoms with Crippen LogP contribution in [-0.4, -0.2) is 29.2 Å². The van der Waals surface area contributed by atoms with Crippen molar-refractivity contribution in [1.82, 2.24) is 0 Å². The molecule has 0 spiro atoms. The van der Waals surface area contributed by atoms with Gasteiger partial charge in [-0.3, -0.25) is 4.79 Å². The van der Waals surface area contributed by atoms with Gasteiger partial charge in [-0.15, -0.1) is 0 Å². The highest BCUT2D eigenvalue weighted by Gasteiger charge is 2.35. The Kier molecular flexibility index (Phi) is 11.5. The van der Waals surface area contributed by atoms with Gasteiger partial charge in [-0.1, -0.05) is 80.3 Å². The van der Waals surface area contributed by atoms with Crippen molar-refractivity contribution in [3.05, 3.63) is 102 Å². The maximum Gasteiger partial charge on any atom is 0.161 e. The Morgan fingerprint density at radius 3 is 2.36 bits per heavy atom. The third-order valence-electron chi connectivity index (χ3n) is 9.51. The van der Waals surface area contributed by atoms with Crippen molar-refractivity contribution in [2.45, 2.75) is 96.2 Å². The van der Waals surface area contributed by atoms with E-state index in [9.17, 15) is 15.0 Å². The third kappa shape index (κ3) is 9.58. The second-order valence-corrected chi connectivity index (χ2v) is 13.0. The first-order chi connectivity index (χ1) is 21.9. The summed E-state index contributed by atoms with van der Waals surface area (Å²) in [6.45, 7) is 0.372. The minimum atomic E-state index is -0.569. The van der Waals surface area contributed by atoms with Crippen LogP contribution >= 0.6 is 0 Å². The molecule has 0 amide bonds. The number of fused-ring (bicyclic) bond motifs is 1. The molecule has 0 aromatic heterocycles. The number of ether oxygens (including phenoxy) is 2. The van der Waals surface area contributed by atoms with Gasteiger partial charge in [-0.2, -0.15) is 0 Å². The van der Waals surface area contributed by atoms with Crippen molar-refractivity contribution >= 4 is 16.6 Å². The number of unbranched alkanes of at least 4 members (excludes halogenated alkanes) is 2. The molecule has 0 radical (unpaired) electrons. The molecule has 2 N–H and O–H groups in total. The molecule has 0 bridgehead atoms. The molecule has 4 aromatic rings. The number of Topliss-reactive ketones (excluding diaryl/α,β-unsaturated/α-hetero) is 1. The summed E-state index contributed by atoms with van der Waals surface area (Å²) in [7, 11) is 1.62. The number of aryl methyl sites for hydroxylation is 2. The summed E-state index contributed by atoms with van der Waals surface area (Å²) in [5.74, 6) is 1.65. The van der Waals surface area contributed by atoms with E-state index in [1.54, 1.807) is 19.2 Å². The highest BCUT2D eigenvalue weighted by molar-refractivity contribution is 5.84. The number of hydrogen-bond acceptors (Lipinski definition) is 5. The van der Waals surface area contributed by atoms with Crippen molar-refractivity contribution in [2.75, 3.05) is 7.11 Å². The number of ketones is 1. The number of hydrogen-bond donors (Lipinski definition) is 2. The van der Waals surface area contributed by atoms with E-state index in [0.717, 1.165) is 41.2 Å². The number of aliphatic hydroxyl groups is 1. The Hall–Kier alpha value is -3.83. The fourth-order valence-corrected chi connectivity index (χ4v) is 7.08. The molecular weight excluding hydrogens is 560 g/mol. The SMILES string of the molecule is COc1ccc(CCC(=O)CC(O)CC2(CCCCCc3ccccc3)CCCC2)cc1OCc1ccc2cc(O)ccc2c1. The van der Waals surface area contributed by atoms with Crippen LogP contribution in [0, 0.1) is 5.41 Å². The number of phenolic OH excluding ortho intramolecular Hbond substituents is 1. The molecule has 5 heteroatoms. The van der Waals surface area contributed by atoms with Gasteiger partial charge in [0, 0.05) is 12.8 Å². The second-order valence-electron chi connectivity index (χ2n) is 13.0. The maximum atomic E-state index is 13.0. The maximum absolute atomic E-state index is 13.0. The van der Waals surface area contributed by atoms with Crippen molar-refractivity contribution in [2.24, 2.45) is 5.41 Å². The third-order valence-corrected chi connectivity index (χ3v) is 9.51. The Morgan fingerprint density at radius 2 is 1.56 bits per heavy atom. The van der Waals surface area contributed by atoms with Crippen molar-refractivity contribution in [3.8, 4) is 17.2 Å². The molecule has 5 rings (SSSR count). The molecular formula is C40H48O5. The lowest BCUT2D eigenvalue weighted by molar-refractivity contribution is -0.121. The van der Waals surface area contributed by atoms with Gasteiger partial charge in [0.05, 0.1) is 13.2 Å². The van der Waals surface area contributed by atoms with Crippen LogP contribution in [0.4, 0.5) is 0 Å². The van der Waals surface area contributed by atoms with E-state index in [0.29, 0.717) is 30.9 Å². The Morgan fingerprint density at radius 1 is 0.800 bits per heavy atom. The van der Waals surface area contributed by atoms with Crippen molar-refractivity contribution in [1.29, 1.82) is 0 Å². The smallest absolute Gasteiger partial charge is 0.161 e. The van der Waals surface area contributed by atoms with Gasteiger partial charge in [0.25, 0.3) is 0 Å². The van der Waals surface area contributed by atoms with Crippen LogP contribution < -0.4 is 9.47 Å². The fraction of sp³-hybridized carbons (Fsp3) is 0.425. The zero-order chi connectivity index (χ0) is 31.5. The quantitative estimate of drug-likeness (QED) is 0.117. The minimum Gasteiger partial charge on any atom is -0.508 e. The Labute approximate surface area is 268 Å². The van der Waals surface area contributed by atoms with Crippen LogP contribution in [0.1, 0.15) is 87.3 Å². The highest BCUT2D eigenvalue weighted by Crippen LogP contribution is 2.46. The molecule has 1 aliphatic carbocycles. The number of phenols is 1. The number of carbonyl (C=O) groups is 1. The van der Waals surface area contributed by atoms with Crippen LogP contribution in [0.25, 0.3) is 10.8 Å². The number of aliphatic hydroxyl groups excluding tert-OH is 1. The van der Waals surface area contributed by atoms with Gasteiger partial charge in [0.15, 0.2) is 11.5 Å². The van der Waals surface area contributed by atoms with Crippen molar-refractivity contribution in [3.63, 3.8) is 0 Å². The second kappa shape index (κ2) is 15.9. The van der Waals surface area contributed by atoms with Gasteiger partial charge >= 0.3 is 0 Å². The number of rotatable bonds is 17. The summed E-state index contributed by atoms with van der Waals surface area (Å²) in [4.78, 5) is 13.0. The summed E-state index contributed by atoms with van der Waals surface area (Å²) in [6.07, 6.45) is 12.1. The first-order valence-corrected chi connectivity index (χ1v) is 16.7. The lowest BCUT2D eigenvalue weighted by Crippen LogP contribution is -2.26. The number of carbonyl (C=O) groups excluding carboxylic acids is 1. The summed E-state index contributed by atoms with van der Waals surface area (Å²) in [6, 6.07) is 27.8. The van der Waals surface area contributed by atoms with Gasteiger partial charge in [-0.25, -0.2) is 0 Å². The van der Waals surface area contributed by atoms with Gasteiger partial charge in [-0.05, 0) is 108 Å². The zero-order valence-corrected chi connectivity index (χ0v) is 26.7. The molecule has 238 valence electrons. The van der Waals surface area contributed by atoms with Crippen molar-refractivity contribution < 1.29 is 24.5 Å².